The van der Waals surface area contributed by atoms with Crippen LogP contribution in [0.4, 0.5) is 4.79 Å². The summed E-state index contributed by atoms with van der Waals surface area (Å²) in [5, 5.41) is 12.4. The smallest absolute Gasteiger partial charge is 0.327 e. The third kappa shape index (κ3) is 1.74. The summed E-state index contributed by atoms with van der Waals surface area (Å²) in [5.74, 6) is -2.87. The molecule has 7 heteroatoms. The van der Waals surface area contributed by atoms with Crippen LogP contribution in [0.3, 0.4) is 0 Å². The van der Waals surface area contributed by atoms with E-state index < -0.39 is 35.9 Å². The number of hydrogen-bond acceptors (Lipinski definition) is 4. The van der Waals surface area contributed by atoms with Crippen LogP contribution in [-0.4, -0.2) is 59.1 Å². The van der Waals surface area contributed by atoms with Gasteiger partial charge in [-0.1, -0.05) is 0 Å². The summed E-state index contributed by atoms with van der Waals surface area (Å²) < 4.78 is 0. The molecule has 0 bridgehead atoms. The van der Waals surface area contributed by atoms with Crippen LogP contribution in [0.5, 0.6) is 0 Å². The molecule has 0 saturated carbocycles. The minimum atomic E-state index is -0.983. The van der Waals surface area contributed by atoms with Gasteiger partial charge in [0.05, 0.1) is 18.0 Å². The van der Waals surface area contributed by atoms with Crippen molar-refractivity contribution >= 4 is 17.9 Å². The van der Waals surface area contributed by atoms with Gasteiger partial charge in [-0.3, -0.25) is 19.8 Å². The molecule has 0 radical (unpaired) electrons. The van der Waals surface area contributed by atoms with Crippen molar-refractivity contribution in [2.45, 2.75) is 25.6 Å². The molecule has 2 aliphatic heterocycles. The number of rotatable bonds is 1. The van der Waals surface area contributed by atoms with E-state index >= 15 is 0 Å². The summed E-state index contributed by atoms with van der Waals surface area (Å²) in [5.41, 5.74) is 0. The maximum Gasteiger partial charge on any atom is 0.327 e. The van der Waals surface area contributed by atoms with Crippen molar-refractivity contribution in [3.05, 3.63) is 0 Å². The maximum absolute atomic E-state index is 12.1. The number of urea groups is 1. The Morgan fingerprint density at radius 1 is 1.39 bits per heavy atom. The van der Waals surface area contributed by atoms with Crippen molar-refractivity contribution < 1.29 is 19.5 Å². The summed E-state index contributed by atoms with van der Waals surface area (Å²) in [6.45, 7) is 1.85. The van der Waals surface area contributed by atoms with E-state index in [2.05, 4.69) is 5.32 Å². The van der Waals surface area contributed by atoms with Crippen molar-refractivity contribution in [2.24, 2.45) is 11.8 Å². The number of fused-ring (bicyclic) bond motifs is 1. The number of piperidine rings is 1. The van der Waals surface area contributed by atoms with Gasteiger partial charge in [-0.15, -0.1) is 0 Å². The lowest BCUT2D eigenvalue weighted by Gasteiger charge is -2.48. The van der Waals surface area contributed by atoms with E-state index in [0.717, 1.165) is 4.90 Å². The molecule has 2 N–H and O–H groups in total. The van der Waals surface area contributed by atoms with Crippen LogP contribution >= 0.6 is 0 Å². The third-order valence-corrected chi connectivity index (χ3v) is 3.78. The molecule has 100 valence electrons. The average Bonchev–Trinajstić information content (AvgIpc) is 2.32. The van der Waals surface area contributed by atoms with E-state index in [1.807, 2.05) is 6.92 Å². The van der Waals surface area contributed by atoms with Gasteiger partial charge in [-0.2, -0.15) is 0 Å². The number of carbonyl (C=O) groups excluding carboxylic acids is 2. The molecule has 4 atom stereocenters. The highest BCUT2D eigenvalue weighted by molar-refractivity contribution is 6.00. The van der Waals surface area contributed by atoms with Gasteiger partial charge in [0, 0.05) is 20.1 Å². The van der Waals surface area contributed by atoms with Crippen LogP contribution in [0.15, 0.2) is 0 Å². The molecule has 7 nitrogen and oxygen atoms in total. The van der Waals surface area contributed by atoms with Crippen molar-refractivity contribution in [3.63, 3.8) is 0 Å². The summed E-state index contributed by atoms with van der Waals surface area (Å²) in [4.78, 5) is 37.6. The molecule has 2 heterocycles. The molecule has 4 unspecified atom stereocenters. The molecule has 0 aromatic carbocycles. The van der Waals surface area contributed by atoms with E-state index in [0.29, 0.717) is 6.42 Å². The number of carbonyl (C=O) groups is 3. The van der Waals surface area contributed by atoms with Crippen molar-refractivity contribution in [1.82, 2.24) is 15.1 Å². The van der Waals surface area contributed by atoms with E-state index in [-0.39, 0.29) is 6.04 Å². The van der Waals surface area contributed by atoms with Crippen LogP contribution in [0.2, 0.25) is 0 Å². The first kappa shape index (κ1) is 12.8. The Labute approximate surface area is 105 Å². The zero-order chi connectivity index (χ0) is 13.6. The second-order valence-electron chi connectivity index (χ2n) is 5.01. The van der Waals surface area contributed by atoms with Gasteiger partial charge < -0.3 is 10.0 Å². The van der Waals surface area contributed by atoms with Crippen molar-refractivity contribution in [1.29, 1.82) is 0 Å². The van der Waals surface area contributed by atoms with Gasteiger partial charge in [-0.25, -0.2) is 4.79 Å². The number of imide groups is 1. The van der Waals surface area contributed by atoms with Crippen molar-refractivity contribution in [2.75, 3.05) is 14.1 Å². The van der Waals surface area contributed by atoms with Gasteiger partial charge in [0.15, 0.2) is 0 Å². The molecular formula is C11H17N3O4. The first-order valence-electron chi connectivity index (χ1n) is 5.87. The SMILES string of the molecule is CC1CC(C(=O)O)C2C(=O)N(C)C(=O)N(C)C2N1. The topological polar surface area (TPSA) is 90.0 Å². The first-order chi connectivity index (χ1) is 8.34. The molecule has 2 rings (SSSR count). The third-order valence-electron chi connectivity index (χ3n) is 3.78. The van der Waals surface area contributed by atoms with Crippen LogP contribution in [0.25, 0.3) is 0 Å². The van der Waals surface area contributed by atoms with Crippen LogP contribution in [0, 0.1) is 11.8 Å². The van der Waals surface area contributed by atoms with Crippen molar-refractivity contribution in [3.8, 4) is 0 Å². The fourth-order valence-corrected chi connectivity index (χ4v) is 2.80. The Hall–Kier alpha value is -1.63. The second kappa shape index (κ2) is 4.24. The lowest BCUT2D eigenvalue weighted by Crippen LogP contribution is -2.69. The Kier molecular flexibility index (Phi) is 3.02. The molecule has 2 fully saturated rings. The highest BCUT2D eigenvalue weighted by atomic mass is 16.4. The normalized spacial score (nSPS) is 36.6. The zero-order valence-corrected chi connectivity index (χ0v) is 10.6. The molecule has 0 aliphatic carbocycles. The van der Waals surface area contributed by atoms with Gasteiger partial charge in [0.1, 0.15) is 0 Å². The molecule has 18 heavy (non-hydrogen) atoms. The average molecular weight is 255 g/mol. The summed E-state index contributed by atoms with van der Waals surface area (Å²) in [7, 11) is 2.96. The molecular weight excluding hydrogens is 238 g/mol. The standard InChI is InChI=1S/C11H17N3O4/c1-5-4-6(10(16)17)7-8(12-5)13(2)11(18)14(3)9(7)15/h5-8,12H,4H2,1-3H3,(H,16,17). The van der Waals surface area contributed by atoms with E-state index in [4.69, 9.17) is 0 Å². The molecule has 2 aliphatic rings. The minimum Gasteiger partial charge on any atom is -0.481 e. The number of nitrogens with zero attached hydrogens (tertiary/aromatic N) is 2. The van der Waals surface area contributed by atoms with E-state index in [9.17, 15) is 19.5 Å². The zero-order valence-electron chi connectivity index (χ0n) is 10.6. The molecule has 0 aromatic heterocycles. The molecule has 0 aromatic rings. The lowest BCUT2D eigenvalue weighted by molar-refractivity contribution is -0.157. The number of hydrogen-bond donors (Lipinski definition) is 2. The highest BCUT2D eigenvalue weighted by Crippen LogP contribution is 2.33. The van der Waals surface area contributed by atoms with E-state index in [1.165, 1.54) is 11.9 Å². The number of aliphatic carboxylic acids is 1. The summed E-state index contributed by atoms with van der Waals surface area (Å²) >= 11 is 0. The lowest BCUT2D eigenvalue weighted by atomic mass is 9.79. The summed E-state index contributed by atoms with van der Waals surface area (Å²) in [6, 6.07) is -0.453. The Bertz CT molecular complexity index is 411. The largest absolute Gasteiger partial charge is 0.481 e. The monoisotopic (exact) mass is 255 g/mol. The first-order valence-corrected chi connectivity index (χ1v) is 5.87. The van der Waals surface area contributed by atoms with Gasteiger partial charge in [0.2, 0.25) is 5.91 Å². The van der Waals surface area contributed by atoms with Gasteiger partial charge in [-0.05, 0) is 13.3 Å². The minimum absolute atomic E-state index is 0.0428. The molecule has 3 amide bonds. The molecule has 0 spiro atoms. The van der Waals surface area contributed by atoms with Crippen LogP contribution < -0.4 is 5.32 Å². The second-order valence-corrected chi connectivity index (χ2v) is 5.01. The molecule has 2 saturated heterocycles. The van der Waals surface area contributed by atoms with Gasteiger partial charge >= 0.3 is 12.0 Å². The predicted octanol–water partition coefficient (Wildman–Crippen LogP) is -0.465. The number of carboxylic acids is 1. The number of amides is 3. The highest BCUT2D eigenvalue weighted by Gasteiger charge is 2.52. The van der Waals surface area contributed by atoms with Crippen LogP contribution in [-0.2, 0) is 9.59 Å². The Morgan fingerprint density at radius 2 is 2.00 bits per heavy atom. The van der Waals surface area contributed by atoms with Crippen LogP contribution in [0.1, 0.15) is 13.3 Å². The fraction of sp³-hybridized carbons (Fsp3) is 0.727. The predicted molar refractivity (Wildman–Crippen MR) is 61.5 cm³/mol. The quantitative estimate of drug-likeness (QED) is 0.661. The number of nitrogens with one attached hydrogen (secondary N) is 1. The summed E-state index contributed by atoms with van der Waals surface area (Å²) in [6.07, 6.45) is -0.149. The van der Waals surface area contributed by atoms with Gasteiger partial charge in [0.25, 0.3) is 0 Å². The Morgan fingerprint density at radius 3 is 2.56 bits per heavy atom. The maximum atomic E-state index is 12.1. The Balaban J connectivity index is 2.38. The fourth-order valence-electron chi connectivity index (χ4n) is 2.80. The number of carboxylic acid groups (broad SMARTS) is 1. The van der Waals surface area contributed by atoms with E-state index in [1.54, 1.807) is 7.05 Å².